The predicted octanol–water partition coefficient (Wildman–Crippen LogP) is 20.8. The molecule has 476 valence electrons. The van der Waals surface area contributed by atoms with Gasteiger partial charge in [0, 0.05) is 12.8 Å². The Hall–Kier alpha value is -3.59. The molecule has 0 fully saturated rings. The van der Waals surface area contributed by atoms with Gasteiger partial charge < -0.3 is 28.5 Å². The molecule has 0 aromatic carbocycles. The quantitative estimate of drug-likeness (QED) is 0.0212. The fourth-order valence-electron chi connectivity index (χ4n) is 9.18. The molecular weight excluding hydrogens is 1050 g/mol. The van der Waals surface area contributed by atoms with E-state index in [0.29, 0.717) is 23.9 Å². The fourth-order valence-corrected chi connectivity index (χ4v) is 9.90. The number of allylic oxidation sites excluding steroid dienone is 19. The zero-order valence-electron chi connectivity index (χ0n) is 54.4. The number of hydrogen-bond acceptors (Lipinski definition) is 7. The van der Waals surface area contributed by atoms with Crippen LogP contribution in [0, 0.1) is 0 Å². The Bertz CT molecular complexity index is 1830. The van der Waals surface area contributed by atoms with E-state index in [9.17, 15) is 19.0 Å². The second kappa shape index (κ2) is 61.5. The molecule has 0 heterocycles. The SMILES string of the molecule is CC/C=C\C/C=C\C/C=C\C/C=C\C/C=C\C/C=C\CCCCC(=O)OC(/C=C\CCCCCCCCCCC)C(COP(=O)([O-])OCC[N+](C)(C)C)NC(=O)CCCCCCCCCCCCCC/C=C\C/C=C\C/C=C\CCCCC. The Morgan fingerprint density at radius 1 is 0.434 bits per heavy atom. The molecule has 3 atom stereocenters. The monoisotopic (exact) mass is 1170 g/mol. The summed E-state index contributed by atoms with van der Waals surface area (Å²) >= 11 is 0. The first-order chi connectivity index (χ1) is 40.4. The van der Waals surface area contributed by atoms with Gasteiger partial charge in [0.25, 0.3) is 7.82 Å². The zero-order chi connectivity index (χ0) is 60.7. The van der Waals surface area contributed by atoms with Crippen molar-refractivity contribution in [1.29, 1.82) is 0 Å². The van der Waals surface area contributed by atoms with Crippen LogP contribution in [0.25, 0.3) is 0 Å². The highest BCUT2D eigenvalue weighted by molar-refractivity contribution is 7.45. The molecule has 9 nitrogen and oxygen atoms in total. The van der Waals surface area contributed by atoms with Crippen LogP contribution >= 0.6 is 7.82 Å². The van der Waals surface area contributed by atoms with Crippen molar-refractivity contribution >= 4 is 19.7 Å². The summed E-state index contributed by atoms with van der Waals surface area (Å²) in [6.07, 6.45) is 86.1. The number of phosphoric ester groups is 1. The highest BCUT2D eigenvalue weighted by Gasteiger charge is 2.27. The van der Waals surface area contributed by atoms with Gasteiger partial charge in [0.2, 0.25) is 5.91 Å². The third-order valence-corrected chi connectivity index (χ3v) is 15.3. The van der Waals surface area contributed by atoms with Gasteiger partial charge in [-0.1, -0.05) is 265 Å². The number of hydrogen-bond donors (Lipinski definition) is 1. The average molecular weight is 1180 g/mol. The minimum Gasteiger partial charge on any atom is -0.756 e. The third kappa shape index (κ3) is 62.8. The van der Waals surface area contributed by atoms with Gasteiger partial charge in [0.05, 0.1) is 33.8 Å². The van der Waals surface area contributed by atoms with Gasteiger partial charge >= 0.3 is 5.97 Å². The van der Waals surface area contributed by atoms with Crippen LogP contribution < -0.4 is 10.2 Å². The van der Waals surface area contributed by atoms with Crippen LogP contribution in [0.2, 0.25) is 0 Å². The van der Waals surface area contributed by atoms with Crippen molar-refractivity contribution in [3.8, 4) is 0 Å². The molecule has 0 rings (SSSR count). The topological polar surface area (TPSA) is 114 Å². The summed E-state index contributed by atoms with van der Waals surface area (Å²) in [6, 6.07) is -0.916. The van der Waals surface area contributed by atoms with Gasteiger partial charge in [-0.25, -0.2) is 0 Å². The van der Waals surface area contributed by atoms with Crippen molar-refractivity contribution in [2.75, 3.05) is 40.9 Å². The average Bonchev–Trinajstić information content (AvgIpc) is 3.51. The standard InChI is InChI=1S/C73H127N2O7P/c1-7-10-13-16-19-22-25-27-29-31-33-35-36-37-38-40-41-43-45-47-50-53-56-59-62-65-72(76)74-70(69-81-83(78,79)80-68-67-75(4,5)6)71(64-61-58-55-52-49-24-21-18-15-12-9-3)82-73(77)66-63-60-57-54-51-48-46-44-42-39-34-32-30-28-26-23-20-17-14-11-8-2/h11,14,19-20,22-23,27-30,33-35,39,44,46,51,54,61,64,70-71H,7-10,12-13,15-18,21,24-26,31-32,36-38,40-43,45,47-50,52-53,55-60,62-63,65-69H2,1-6H3,(H-,74,76,78,79)/b14-11-,22-19-,23-20-,29-27-,30-28-,35-33-,39-34-,46-44-,54-51-,64-61-. The number of esters is 1. The first-order valence-electron chi connectivity index (χ1n) is 33.8. The van der Waals surface area contributed by atoms with Gasteiger partial charge in [0.1, 0.15) is 19.3 Å². The summed E-state index contributed by atoms with van der Waals surface area (Å²) in [5.74, 6) is -0.598. The number of amides is 1. The first-order valence-corrected chi connectivity index (χ1v) is 35.3. The number of likely N-dealkylation sites (N-methyl/N-ethyl adjacent to an activating group) is 1. The van der Waals surface area contributed by atoms with E-state index in [4.69, 9.17) is 13.8 Å². The Morgan fingerprint density at radius 2 is 0.771 bits per heavy atom. The van der Waals surface area contributed by atoms with E-state index in [1.165, 1.54) is 128 Å². The Kier molecular flexibility index (Phi) is 58.8. The molecule has 0 saturated carbocycles. The normalized spacial score (nSPS) is 14.3. The van der Waals surface area contributed by atoms with Crippen molar-refractivity contribution in [2.45, 2.75) is 290 Å². The first kappa shape index (κ1) is 79.4. The number of nitrogens with one attached hydrogen (secondary N) is 1. The number of rotatable bonds is 60. The van der Waals surface area contributed by atoms with Crippen LogP contribution in [-0.4, -0.2) is 69.4 Å². The molecule has 0 bridgehead atoms. The summed E-state index contributed by atoms with van der Waals surface area (Å²) < 4.78 is 30.3. The maximum Gasteiger partial charge on any atom is 0.306 e. The van der Waals surface area contributed by atoms with E-state index in [-0.39, 0.29) is 24.9 Å². The number of ether oxygens (including phenoxy) is 1. The predicted molar refractivity (Wildman–Crippen MR) is 357 cm³/mol. The number of nitrogens with zero attached hydrogens (tertiary/aromatic N) is 1. The van der Waals surface area contributed by atoms with Crippen molar-refractivity contribution in [3.05, 3.63) is 122 Å². The lowest BCUT2D eigenvalue weighted by Gasteiger charge is -2.30. The molecule has 10 heteroatoms. The molecule has 0 aliphatic rings. The van der Waals surface area contributed by atoms with Crippen molar-refractivity contribution in [3.63, 3.8) is 0 Å². The Labute approximate surface area is 512 Å². The van der Waals surface area contributed by atoms with Crippen LogP contribution in [0.1, 0.15) is 278 Å². The molecule has 0 saturated heterocycles. The van der Waals surface area contributed by atoms with E-state index in [0.717, 1.165) is 109 Å². The Balaban J connectivity index is 5.16. The van der Waals surface area contributed by atoms with E-state index in [1.54, 1.807) is 0 Å². The van der Waals surface area contributed by atoms with Crippen molar-refractivity contribution in [1.82, 2.24) is 5.32 Å². The molecule has 0 aromatic rings. The van der Waals surface area contributed by atoms with E-state index in [2.05, 4.69) is 135 Å². The van der Waals surface area contributed by atoms with E-state index >= 15 is 0 Å². The zero-order valence-corrected chi connectivity index (χ0v) is 55.3. The van der Waals surface area contributed by atoms with E-state index < -0.39 is 26.6 Å². The molecule has 0 aromatic heterocycles. The highest BCUT2D eigenvalue weighted by atomic mass is 31.2. The van der Waals surface area contributed by atoms with Crippen LogP contribution in [0.15, 0.2) is 122 Å². The number of carbonyl (C=O) groups is 2. The van der Waals surface area contributed by atoms with E-state index in [1.807, 2.05) is 33.3 Å². The van der Waals surface area contributed by atoms with Crippen LogP contribution in [0.5, 0.6) is 0 Å². The van der Waals surface area contributed by atoms with Crippen molar-refractivity contribution < 1.29 is 37.3 Å². The summed E-state index contributed by atoms with van der Waals surface area (Å²) in [4.78, 5) is 40.1. The number of quaternary nitrogens is 1. The molecule has 1 amide bonds. The maximum absolute atomic E-state index is 13.6. The minimum atomic E-state index is -4.72. The molecule has 0 aliphatic carbocycles. The molecule has 1 N–H and O–H groups in total. The fraction of sp³-hybridized carbons (Fsp3) is 0.699. The van der Waals surface area contributed by atoms with Gasteiger partial charge in [-0.3, -0.25) is 14.2 Å². The summed E-state index contributed by atoms with van der Waals surface area (Å²) in [5, 5.41) is 3.02. The summed E-state index contributed by atoms with van der Waals surface area (Å²) in [6.45, 7) is 6.67. The van der Waals surface area contributed by atoms with Gasteiger partial charge in [-0.15, -0.1) is 0 Å². The van der Waals surface area contributed by atoms with Crippen LogP contribution in [-0.2, 0) is 27.9 Å². The molecule has 83 heavy (non-hydrogen) atoms. The van der Waals surface area contributed by atoms with Crippen LogP contribution in [0.3, 0.4) is 0 Å². The molecule has 0 aliphatic heterocycles. The third-order valence-electron chi connectivity index (χ3n) is 14.4. The number of unbranched alkanes of at least 4 members (excludes halogenated alkanes) is 26. The van der Waals surface area contributed by atoms with Gasteiger partial charge in [-0.2, -0.15) is 0 Å². The lowest BCUT2D eigenvalue weighted by Crippen LogP contribution is -2.47. The largest absolute Gasteiger partial charge is 0.756 e. The summed E-state index contributed by atoms with van der Waals surface area (Å²) in [7, 11) is 1.15. The molecule has 0 radical (unpaired) electrons. The lowest BCUT2D eigenvalue weighted by molar-refractivity contribution is -0.870. The van der Waals surface area contributed by atoms with Gasteiger partial charge in [0.15, 0.2) is 0 Å². The highest BCUT2D eigenvalue weighted by Crippen LogP contribution is 2.38. The molecular formula is C73H127N2O7P. The molecule has 3 unspecified atom stereocenters. The Morgan fingerprint density at radius 3 is 1.19 bits per heavy atom. The van der Waals surface area contributed by atoms with Crippen LogP contribution in [0.4, 0.5) is 0 Å². The maximum atomic E-state index is 13.6. The van der Waals surface area contributed by atoms with Gasteiger partial charge in [-0.05, 0) is 122 Å². The number of phosphoric acid groups is 1. The lowest BCUT2D eigenvalue weighted by atomic mass is 10.0. The smallest absolute Gasteiger partial charge is 0.306 e. The number of carbonyl (C=O) groups excluding carboxylic acids is 2. The second-order valence-corrected chi connectivity index (χ2v) is 25.0. The second-order valence-electron chi connectivity index (χ2n) is 23.6. The summed E-state index contributed by atoms with van der Waals surface area (Å²) in [5.41, 5.74) is 0. The minimum absolute atomic E-state index is 0.0356. The van der Waals surface area contributed by atoms with Crippen molar-refractivity contribution in [2.24, 2.45) is 0 Å². The molecule has 0 spiro atoms.